The Kier molecular flexibility index (Phi) is 4.79. The summed E-state index contributed by atoms with van der Waals surface area (Å²) in [6, 6.07) is 10.1. The number of hydrogen-bond acceptors (Lipinski definition) is 3. The third-order valence-corrected chi connectivity index (χ3v) is 5.12. The minimum Gasteiger partial charge on any atom is -0.390 e. The molecule has 0 radical (unpaired) electrons. The van der Waals surface area contributed by atoms with E-state index in [0.717, 1.165) is 24.2 Å². The fourth-order valence-electron chi connectivity index (χ4n) is 3.43. The molecule has 5 rings (SSSR count). The van der Waals surface area contributed by atoms with Gasteiger partial charge in [-0.15, -0.1) is 0 Å². The standard InChI is InChI=1S/C18H14ClN5S.Na/c19-13-6-7-23-10-15(20-16(23)9-13)17-21-22-18(25)24(17)14-5-4-11-2-1-3-12(11)8-14;/h4-10H,1-3H2,(H,22,25);/q;+1/p-1. The summed E-state index contributed by atoms with van der Waals surface area (Å²) in [4.78, 5) is 4.62. The summed E-state index contributed by atoms with van der Waals surface area (Å²) < 4.78 is 4.23. The molecule has 0 atom stereocenters. The van der Waals surface area contributed by atoms with Crippen molar-refractivity contribution in [2.24, 2.45) is 0 Å². The molecule has 0 bridgehead atoms. The summed E-state index contributed by atoms with van der Waals surface area (Å²) in [5, 5.41) is 9.02. The molecule has 124 valence electrons. The summed E-state index contributed by atoms with van der Waals surface area (Å²) in [5.41, 5.74) is 5.27. The van der Waals surface area contributed by atoms with Crippen LogP contribution >= 0.6 is 23.8 Å². The minimum atomic E-state index is 0. The van der Waals surface area contributed by atoms with E-state index >= 15 is 0 Å². The number of rotatable bonds is 2. The number of aromatic nitrogens is 5. The first-order chi connectivity index (χ1) is 12.2. The second kappa shape index (κ2) is 6.94. The molecule has 0 N–H and O–H groups in total. The van der Waals surface area contributed by atoms with Gasteiger partial charge in [0, 0.05) is 28.3 Å². The molecule has 1 aromatic carbocycles. The van der Waals surface area contributed by atoms with Crippen molar-refractivity contribution in [2.75, 3.05) is 0 Å². The van der Waals surface area contributed by atoms with Gasteiger partial charge in [0.05, 0.1) is 5.82 Å². The van der Waals surface area contributed by atoms with Gasteiger partial charge in [0.25, 0.3) is 0 Å². The zero-order valence-electron chi connectivity index (χ0n) is 14.2. The maximum atomic E-state index is 6.06. The maximum Gasteiger partial charge on any atom is 1.00 e. The van der Waals surface area contributed by atoms with Crippen LogP contribution in [-0.4, -0.2) is 19.1 Å². The molecule has 0 amide bonds. The van der Waals surface area contributed by atoms with Crippen molar-refractivity contribution >= 4 is 29.5 Å². The summed E-state index contributed by atoms with van der Waals surface area (Å²) >= 11 is 11.5. The van der Waals surface area contributed by atoms with Crippen LogP contribution in [0.4, 0.5) is 0 Å². The van der Waals surface area contributed by atoms with E-state index in [-0.39, 0.29) is 29.6 Å². The SMILES string of the molecule is S=c1[n-]nc(-c2cn3ccc(Cl)cc3n2)n1-c1ccc2c(c1)CCC2.[Na+]. The average molecular weight is 390 g/mol. The van der Waals surface area contributed by atoms with Crippen LogP contribution in [0.5, 0.6) is 0 Å². The van der Waals surface area contributed by atoms with E-state index in [1.54, 1.807) is 0 Å². The Morgan fingerprint density at radius 3 is 2.85 bits per heavy atom. The molecule has 1 aliphatic carbocycles. The largest absolute Gasteiger partial charge is 1.00 e. The first-order valence-electron chi connectivity index (χ1n) is 8.08. The fraction of sp³-hybridized carbons (Fsp3) is 0.167. The van der Waals surface area contributed by atoms with Crippen molar-refractivity contribution in [3.63, 3.8) is 0 Å². The molecule has 1 aliphatic rings. The van der Waals surface area contributed by atoms with Gasteiger partial charge in [-0.05, 0) is 42.1 Å². The van der Waals surface area contributed by atoms with E-state index in [2.05, 4.69) is 33.4 Å². The summed E-state index contributed by atoms with van der Waals surface area (Å²) in [6.07, 6.45) is 7.26. The molecule has 0 spiro atoms. The number of halogens is 1. The number of fused-ring (bicyclic) bond motifs is 2. The van der Waals surface area contributed by atoms with Crippen LogP contribution in [0.3, 0.4) is 0 Å². The van der Waals surface area contributed by atoms with Gasteiger partial charge in [-0.3, -0.25) is 5.10 Å². The molecular weight excluding hydrogens is 377 g/mol. The maximum absolute atomic E-state index is 6.06. The van der Waals surface area contributed by atoms with Crippen molar-refractivity contribution in [1.29, 1.82) is 0 Å². The molecule has 3 heterocycles. The molecule has 0 saturated heterocycles. The molecular formula is C18H13ClN5NaS. The molecule has 5 nitrogen and oxygen atoms in total. The van der Waals surface area contributed by atoms with Gasteiger partial charge in [-0.2, -0.15) is 0 Å². The smallest absolute Gasteiger partial charge is 0.390 e. The normalized spacial score (nSPS) is 13.0. The van der Waals surface area contributed by atoms with E-state index in [1.807, 2.05) is 33.5 Å². The van der Waals surface area contributed by atoms with Crippen LogP contribution in [0.2, 0.25) is 5.02 Å². The van der Waals surface area contributed by atoms with Crippen LogP contribution in [0, 0.1) is 4.77 Å². The number of hydrogen-bond donors (Lipinski definition) is 0. The molecule has 0 unspecified atom stereocenters. The average Bonchev–Trinajstić information content (AvgIpc) is 3.30. The Hall–Kier alpha value is -1.44. The van der Waals surface area contributed by atoms with E-state index in [4.69, 9.17) is 23.8 Å². The van der Waals surface area contributed by atoms with E-state index in [0.29, 0.717) is 21.3 Å². The van der Waals surface area contributed by atoms with Crippen LogP contribution in [0.1, 0.15) is 17.5 Å². The zero-order chi connectivity index (χ0) is 17.0. The van der Waals surface area contributed by atoms with Gasteiger partial charge in [0.15, 0.2) is 0 Å². The van der Waals surface area contributed by atoms with Crippen LogP contribution in [0.15, 0.2) is 42.7 Å². The monoisotopic (exact) mass is 389 g/mol. The van der Waals surface area contributed by atoms with Crippen LogP contribution < -0.4 is 34.7 Å². The van der Waals surface area contributed by atoms with Gasteiger partial charge in [-0.1, -0.05) is 42.0 Å². The molecule has 8 heteroatoms. The van der Waals surface area contributed by atoms with Gasteiger partial charge >= 0.3 is 29.6 Å². The summed E-state index contributed by atoms with van der Waals surface area (Å²) in [5.74, 6) is 0.641. The van der Waals surface area contributed by atoms with Crippen molar-refractivity contribution in [3.8, 4) is 17.2 Å². The van der Waals surface area contributed by atoms with Gasteiger partial charge in [-0.25, -0.2) is 4.98 Å². The number of pyridine rings is 1. The number of imidazole rings is 1. The third-order valence-electron chi connectivity index (χ3n) is 4.62. The number of nitrogens with zero attached hydrogens (tertiary/aromatic N) is 5. The molecule has 26 heavy (non-hydrogen) atoms. The molecule has 0 fully saturated rings. The summed E-state index contributed by atoms with van der Waals surface area (Å²) in [7, 11) is 0. The second-order valence-electron chi connectivity index (χ2n) is 6.18. The molecule has 4 aromatic rings. The summed E-state index contributed by atoms with van der Waals surface area (Å²) in [6.45, 7) is 0. The minimum absolute atomic E-state index is 0. The van der Waals surface area contributed by atoms with Crippen LogP contribution in [0.25, 0.3) is 22.9 Å². The third kappa shape index (κ3) is 2.96. The number of benzene rings is 1. The van der Waals surface area contributed by atoms with Gasteiger partial charge < -0.3 is 14.1 Å². The van der Waals surface area contributed by atoms with Gasteiger partial charge in [0.2, 0.25) is 0 Å². The molecule has 3 aromatic heterocycles. The van der Waals surface area contributed by atoms with Gasteiger partial charge in [0.1, 0.15) is 11.3 Å². The predicted molar refractivity (Wildman–Crippen MR) is 98.9 cm³/mol. The zero-order valence-corrected chi connectivity index (χ0v) is 17.8. The molecule has 0 saturated carbocycles. The number of aryl methyl sites for hydroxylation is 2. The van der Waals surface area contributed by atoms with Crippen molar-refractivity contribution in [3.05, 3.63) is 63.6 Å². The fourth-order valence-corrected chi connectivity index (χ4v) is 3.82. The van der Waals surface area contributed by atoms with E-state index in [1.165, 1.54) is 17.5 Å². The Balaban J connectivity index is 0.00000168. The Morgan fingerprint density at radius 2 is 1.96 bits per heavy atom. The van der Waals surface area contributed by atoms with E-state index < -0.39 is 0 Å². The molecule has 0 aliphatic heterocycles. The Labute approximate surface area is 182 Å². The van der Waals surface area contributed by atoms with Crippen LogP contribution in [-0.2, 0) is 12.8 Å². The quantitative estimate of drug-likeness (QED) is 0.379. The van der Waals surface area contributed by atoms with Crippen molar-refractivity contribution in [2.45, 2.75) is 19.3 Å². The first kappa shape index (κ1) is 17.9. The van der Waals surface area contributed by atoms with Crippen molar-refractivity contribution < 1.29 is 29.6 Å². The second-order valence-corrected chi connectivity index (χ2v) is 6.99. The Morgan fingerprint density at radius 1 is 1.12 bits per heavy atom. The topological polar surface area (TPSA) is 49.2 Å². The Bertz CT molecular complexity index is 1180. The first-order valence-corrected chi connectivity index (χ1v) is 8.87. The van der Waals surface area contributed by atoms with E-state index in [9.17, 15) is 0 Å². The van der Waals surface area contributed by atoms with Crippen molar-refractivity contribution in [1.82, 2.24) is 24.1 Å². The predicted octanol–water partition coefficient (Wildman–Crippen LogP) is 1.02.